The molecule has 2 amide bonds. The number of ether oxygens (including phenoxy) is 1. The predicted octanol–water partition coefficient (Wildman–Crippen LogP) is 1.60. The minimum atomic E-state index is -0.459. The molecule has 1 N–H and O–H groups in total. The Bertz CT molecular complexity index is 445. The van der Waals surface area contributed by atoms with Crippen LogP contribution in [0, 0.1) is 0 Å². The number of benzene rings is 1. The first kappa shape index (κ1) is 11.4. The number of hydrogen-bond donors (Lipinski definition) is 1. The third-order valence-corrected chi connectivity index (χ3v) is 2.51. The lowest BCUT2D eigenvalue weighted by Gasteiger charge is -2.18. The van der Waals surface area contributed by atoms with Gasteiger partial charge in [0, 0.05) is 5.69 Å². The molecule has 17 heavy (non-hydrogen) atoms. The van der Waals surface area contributed by atoms with Gasteiger partial charge in [-0.05, 0) is 18.6 Å². The van der Waals surface area contributed by atoms with E-state index in [1.807, 2.05) is 24.3 Å². The second kappa shape index (κ2) is 4.86. The van der Waals surface area contributed by atoms with Gasteiger partial charge in [0.15, 0.2) is 0 Å². The van der Waals surface area contributed by atoms with Crippen molar-refractivity contribution < 1.29 is 14.3 Å². The minimum absolute atomic E-state index is 0.0213. The van der Waals surface area contributed by atoms with Crippen molar-refractivity contribution in [3.05, 3.63) is 29.8 Å². The lowest BCUT2D eigenvalue weighted by molar-refractivity contribution is -0.117. The average Bonchev–Trinajstić information content (AvgIpc) is 2.47. The van der Waals surface area contributed by atoms with Crippen LogP contribution in [0.5, 0.6) is 0 Å². The fourth-order valence-corrected chi connectivity index (χ4v) is 1.75. The van der Waals surface area contributed by atoms with Crippen LogP contribution in [-0.2, 0) is 16.1 Å². The van der Waals surface area contributed by atoms with Crippen LogP contribution in [0.25, 0.3) is 0 Å². The van der Waals surface area contributed by atoms with Gasteiger partial charge in [-0.15, -0.1) is 0 Å². The van der Waals surface area contributed by atoms with E-state index in [0.29, 0.717) is 13.2 Å². The molecule has 0 saturated carbocycles. The van der Waals surface area contributed by atoms with E-state index in [-0.39, 0.29) is 12.5 Å². The van der Waals surface area contributed by atoms with Crippen molar-refractivity contribution in [3.8, 4) is 0 Å². The molecule has 0 bridgehead atoms. The van der Waals surface area contributed by atoms with E-state index >= 15 is 0 Å². The van der Waals surface area contributed by atoms with Crippen molar-refractivity contribution in [2.24, 2.45) is 0 Å². The fraction of sp³-hybridized carbons (Fsp3) is 0.333. The molecule has 90 valence electrons. The van der Waals surface area contributed by atoms with Gasteiger partial charge in [-0.2, -0.15) is 0 Å². The number of hydrogen-bond acceptors (Lipinski definition) is 3. The molecule has 5 heteroatoms. The van der Waals surface area contributed by atoms with Crippen molar-refractivity contribution in [2.75, 3.05) is 18.5 Å². The van der Waals surface area contributed by atoms with E-state index < -0.39 is 6.09 Å². The van der Waals surface area contributed by atoms with Crippen LogP contribution in [0.4, 0.5) is 10.5 Å². The molecule has 1 aromatic carbocycles. The maximum absolute atomic E-state index is 11.6. The van der Waals surface area contributed by atoms with Crippen molar-refractivity contribution >= 4 is 17.7 Å². The molecule has 2 rings (SSSR count). The number of carbonyl (C=O) groups is 2. The minimum Gasteiger partial charge on any atom is -0.450 e. The SMILES string of the molecule is CCOC(=O)N1CC(=O)Nc2ccccc2C1. The highest BCUT2D eigenvalue weighted by Crippen LogP contribution is 2.20. The average molecular weight is 234 g/mol. The third-order valence-electron chi connectivity index (χ3n) is 2.51. The summed E-state index contributed by atoms with van der Waals surface area (Å²) >= 11 is 0. The first-order chi connectivity index (χ1) is 8.20. The molecule has 0 atom stereocenters. The number of rotatable bonds is 1. The van der Waals surface area contributed by atoms with Gasteiger partial charge < -0.3 is 10.1 Å². The molecular formula is C12H14N2O3. The summed E-state index contributed by atoms with van der Waals surface area (Å²) in [5.41, 5.74) is 1.66. The van der Waals surface area contributed by atoms with Gasteiger partial charge in [0.1, 0.15) is 6.54 Å². The van der Waals surface area contributed by atoms with Crippen LogP contribution >= 0.6 is 0 Å². The smallest absolute Gasteiger partial charge is 0.410 e. The van der Waals surface area contributed by atoms with Gasteiger partial charge in [-0.25, -0.2) is 4.79 Å². The normalized spacial score (nSPS) is 14.6. The number of amides is 2. The molecular weight excluding hydrogens is 220 g/mol. The molecule has 0 aliphatic carbocycles. The van der Waals surface area contributed by atoms with E-state index in [4.69, 9.17) is 4.74 Å². The van der Waals surface area contributed by atoms with Crippen molar-refractivity contribution in [1.82, 2.24) is 4.90 Å². The number of nitrogens with zero attached hydrogens (tertiary/aromatic N) is 1. The highest BCUT2D eigenvalue weighted by atomic mass is 16.6. The monoisotopic (exact) mass is 234 g/mol. The standard InChI is InChI=1S/C12H14N2O3/c1-2-17-12(16)14-7-9-5-3-4-6-10(9)13-11(15)8-14/h3-6H,2,7-8H2,1H3,(H,13,15). The van der Waals surface area contributed by atoms with Gasteiger partial charge >= 0.3 is 6.09 Å². The third kappa shape index (κ3) is 2.55. The molecule has 0 fully saturated rings. The Balaban J connectivity index is 2.23. The number of nitrogens with one attached hydrogen (secondary N) is 1. The Hall–Kier alpha value is -2.04. The van der Waals surface area contributed by atoms with Crippen molar-refractivity contribution in [1.29, 1.82) is 0 Å². The highest BCUT2D eigenvalue weighted by molar-refractivity contribution is 5.95. The Morgan fingerprint density at radius 2 is 2.18 bits per heavy atom. The summed E-state index contributed by atoms with van der Waals surface area (Å²) in [5, 5.41) is 2.76. The lowest BCUT2D eigenvalue weighted by atomic mass is 10.2. The number of carbonyl (C=O) groups excluding carboxylic acids is 2. The van der Waals surface area contributed by atoms with Crippen LogP contribution in [0.2, 0.25) is 0 Å². The highest BCUT2D eigenvalue weighted by Gasteiger charge is 2.23. The zero-order valence-corrected chi connectivity index (χ0v) is 9.60. The Kier molecular flexibility index (Phi) is 3.27. The predicted molar refractivity (Wildman–Crippen MR) is 62.5 cm³/mol. The Morgan fingerprint density at radius 1 is 1.41 bits per heavy atom. The molecule has 0 unspecified atom stereocenters. The summed E-state index contributed by atoms with van der Waals surface area (Å²) in [6, 6.07) is 7.42. The number of para-hydroxylation sites is 1. The van der Waals surface area contributed by atoms with Gasteiger partial charge in [0.25, 0.3) is 0 Å². The molecule has 1 aromatic rings. The maximum atomic E-state index is 11.6. The van der Waals surface area contributed by atoms with E-state index in [1.165, 1.54) is 4.90 Å². The largest absolute Gasteiger partial charge is 0.450 e. The van der Waals surface area contributed by atoms with Crippen LogP contribution in [0.15, 0.2) is 24.3 Å². The number of anilines is 1. The molecule has 1 aliphatic rings. The molecule has 0 radical (unpaired) electrons. The summed E-state index contributed by atoms with van der Waals surface area (Å²) in [6.45, 7) is 2.45. The molecule has 0 saturated heterocycles. The Labute approximate surface area is 99.4 Å². The topological polar surface area (TPSA) is 58.6 Å². The quantitative estimate of drug-likeness (QED) is 0.802. The summed E-state index contributed by atoms with van der Waals surface area (Å²) in [4.78, 5) is 24.6. The second-order valence-electron chi connectivity index (χ2n) is 3.76. The van der Waals surface area contributed by atoms with E-state index in [0.717, 1.165) is 11.3 Å². The van der Waals surface area contributed by atoms with Gasteiger partial charge in [0.05, 0.1) is 13.2 Å². The first-order valence-corrected chi connectivity index (χ1v) is 5.50. The maximum Gasteiger partial charge on any atom is 0.410 e. The van der Waals surface area contributed by atoms with E-state index in [1.54, 1.807) is 6.92 Å². The molecule has 1 aliphatic heterocycles. The zero-order valence-electron chi connectivity index (χ0n) is 9.60. The van der Waals surface area contributed by atoms with E-state index in [2.05, 4.69) is 5.32 Å². The number of fused-ring (bicyclic) bond motifs is 1. The van der Waals surface area contributed by atoms with Crippen molar-refractivity contribution in [3.63, 3.8) is 0 Å². The molecule has 0 spiro atoms. The summed E-state index contributed by atoms with van der Waals surface area (Å²) in [5.74, 6) is -0.206. The van der Waals surface area contributed by atoms with Crippen LogP contribution in [0.1, 0.15) is 12.5 Å². The molecule has 0 aromatic heterocycles. The van der Waals surface area contributed by atoms with Gasteiger partial charge in [-0.1, -0.05) is 18.2 Å². The van der Waals surface area contributed by atoms with Crippen LogP contribution in [-0.4, -0.2) is 30.1 Å². The summed E-state index contributed by atoms with van der Waals surface area (Å²) in [7, 11) is 0. The summed E-state index contributed by atoms with van der Waals surface area (Å²) < 4.78 is 4.91. The van der Waals surface area contributed by atoms with Crippen molar-refractivity contribution in [2.45, 2.75) is 13.5 Å². The fourth-order valence-electron chi connectivity index (χ4n) is 1.75. The lowest BCUT2D eigenvalue weighted by Crippen LogP contribution is -2.35. The first-order valence-electron chi connectivity index (χ1n) is 5.50. The summed E-state index contributed by atoms with van der Waals surface area (Å²) in [6.07, 6.45) is -0.459. The zero-order chi connectivity index (χ0) is 12.3. The van der Waals surface area contributed by atoms with E-state index in [9.17, 15) is 9.59 Å². The Morgan fingerprint density at radius 3 is 2.94 bits per heavy atom. The molecule has 1 heterocycles. The van der Waals surface area contributed by atoms with Gasteiger partial charge in [-0.3, -0.25) is 9.69 Å². The second-order valence-corrected chi connectivity index (χ2v) is 3.76. The molecule has 5 nitrogen and oxygen atoms in total. The van der Waals surface area contributed by atoms with Gasteiger partial charge in [0.2, 0.25) is 5.91 Å². The van der Waals surface area contributed by atoms with Crippen LogP contribution in [0.3, 0.4) is 0 Å². The van der Waals surface area contributed by atoms with Crippen LogP contribution < -0.4 is 5.32 Å².